The number of aryl methyl sites for hydroxylation is 1. The van der Waals surface area contributed by atoms with Crippen LogP contribution in [-0.4, -0.2) is 27.3 Å². The Morgan fingerprint density at radius 3 is 2.61 bits per heavy atom. The average Bonchev–Trinajstić information content (AvgIpc) is 3.18. The number of carbonyl (C=O) groups excluding carboxylic acids is 3. The van der Waals surface area contributed by atoms with Gasteiger partial charge in [0, 0.05) is 12.6 Å². The number of aromatic nitrogens is 2. The standard InChI is InChI=1S/C20H18N4O4/c1-24-15-9-5-4-8-14(15)21-17(24)11-19(26)23-22-18(25)10-16-12-6-2-3-7-13(12)20(27)28-16/h2-9,16H,10-11H2,1H3,(H,22,25)(H,23,26)/t16-/m1/s1. The van der Waals surface area contributed by atoms with Crippen LogP contribution in [0.2, 0.25) is 0 Å². The molecule has 0 bridgehead atoms. The van der Waals surface area contributed by atoms with Crippen molar-refractivity contribution in [2.24, 2.45) is 7.05 Å². The molecule has 142 valence electrons. The highest BCUT2D eigenvalue weighted by Crippen LogP contribution is 2.32. The van der Waals surface area contributed by atoms with Gasteiger partial charge in [0.15, 0.2) is 0 Å². The number of rotatable bonds is 4. The summed E-state index contributed by atoms with van der Waals surface area (Å²) in [5, 5.41) is 0. The van der Waals surface area contributed by atoms with Crippen molar-refractivity contribution >= 4 is 28.8 Å². The summed E-state index contributed by atoms with van der Waals surface area (Å²) in [6.07, 6.45) is -0.706. The van der Waals surface area contributed by atoms with Gasteiger partial charge in [-0.05, 0) is 18.2 Å². The molecule has 1 aliphatic heterocycles. The zero-order chi connectivity index (χ0) is 19.7. The largest absolute Gasteiger partial charge is 0.453 e. The third kappa shape index (κ3) is 3.32. The number of imidazole rings is 1. The molecular weight excluding hydrogens is 360 g/mol. The van der Waals surface area contributed by atoms with Crippen molar-refractivity contribution in [1.29, 1.82) is 0 Å². The summed E-state index contributed by atoms with van der Waals surface area (Å²) < 4.78 is 7.07. The van der Waals surface area contributed by atoms with Crippen LogP contribution in [0.1, 0.15) is 34.3 Å². The Bertz CT molecular complexity index is 1090. The molecule has 0 saturated carbocycles. The first-order chi connectivity index (χ1) is 13.5. The van der Waals surface area contributed by atoms with E-state index < -0.39 is 23.9 Å². The fourth-order valence-corrected chi connectivity index (χ4v) is 3.27. The lowest BCUT2D eigenvalue weighted by atomic mass is 10.0. The van der Waals surface area contributed by atoms with Gasteiger partial charge in [0.2, 0.25) is 11.8 Å². The van der Waals surface area contributed by atoms with E-state index >= 15 is 0 Å². The Morgan fingerprint density at radius 2 is 1.79 bits per heavy atom. The first-order valence-electron chi connectivity index (χ1n) is 8.81. The molecule has 0 spiro atoms. The maximum Gasteiger partial charge on any atom is 0.339 e. The summed E-state index contributed by atoms with van der Waals surface area (Å²) >= 11 is 0. The molecule has 4 rings (SSSR count). The highest BCUT2D eigenvalue weighted by molar-refractivity contribution is 5.94. The summed E-state index contributed by atoms with van der Waals surface area (Å²) in [6.45, 7) is 0. The number of benzene rings is 2. The van der Waals surface area contributed by atoms with Gasteiger partial charge in [0.1, 0.15) is 11.9 Å². The minimum Gasteiger partial charge on any atom is -0.453 e. The number of cyclic esters (lactones) is 1. The van der Waals surface area contributed by atoms with Crippen LogP contribution in [0.5, 0.6) is 0 Å². The smallest absolute Gasteiger partial charge is 0.339 e. The summed E-state index contributed by atoms with van der Waals surface area (Å²) in [5.41, 5.74) is 7.61. The highest BCUT2D eigenvalue weighted by atomic mass is 16.5. The lowest BCUT2D eigenvalue weighted by Crippen LogP contribution is -2.43. The quantitative estimate of drug-likeness (QED) is 0.530. The van der Waals surface area contributed by atoms with Gasteiger partial charge in [-0.1, -0.05) is 30.3 Å². The van der Waals surface area contributed by atoms with Crippen molar-refractivity contribution in [3.63, 3.8) is 0 Å². The molecule has 0 aliphatic carbocycles. The molecule has 0 saturated heterocycles. The Morgan fingerprint density at radius 1 is 1.07 bits per heavy atom. The second kappa shape index (κ2) is 7.15. The van der Waals surface area contributed by atoms with Gasteiger partial charge in [-0.3, -0.25) is 20.4 Å². The molecule has 0 radical (unpaired) electrons. The number of nitrogens with zero attached hydrogens (tertiary/aromatic N) is 2. The first-order valence-corrected chi connectivity index (χ1v) is 8.81. The van der Waals surface area contributed by atoms with E-state index in [1.165, 1.54) is 0 Å². The third-order valence-electron chi connectivity index (χ3n) is 4.69. The molecule has 2 N–H and O–H groups in total. The van der Waals surface area contributed by atoms with Crippen molar-refractivity contribution in [3.8, 4) is 0 Å². The Kier molecular flexibility index (Phi) is 4.52. The number of amides is 2. The lowest BCUT2D eigenvalue weighted by molar-refractivity contribution is -0.129. The summed E-state index contributed by atoms with van der Waals surface area (Å²) in [6, 6.07) is 14.5. The van der Waals surface area contributed by atoms with Gasteiger partial charge in [0.25, 0.3) is 0 Å². The number of carbonyl (C=O) groups is 3. The van der Waals surface area contributed by atoms with Gasteiger partial charge in [0.05, 0.1) is 29.4 Å². The van der Waals surface area contributed by atoms with Gasteiger partial charge in [-0.15, -0.1) is 0 Å². The zero-order valence-corrected chi connectivity index (χ0v) is 15.1. The fourth-order valence-electron chi connectivity index (χ4n) is 3.27. The van der Waals surface area contributed by atoms with Gasteiger partial charge >= 0.3 is 5.97 Å². The highest BCUT2D eigenvalue weighted by Gasteiger charge is 2.32. The van der Waals surface area contributed by atoms with Crippen LogP contribution >= 0.6 is 0 Å². The number of fused-ring (bicyclic) bond motifs is 2. The van der Waals surface area contributed by atoms with Crippen LogP contribution in [0, 0.1) is 0 Å². The molecule has 2 aromatic carbocycles. The van der Waals surface area contributed by atoms with E-state index in [4.69, 9.17) is 4.74 Å². The number of hydrogen-bond acceptors (Lipinski definition) is 5. The van der Waals surface area contributed by atoms with Crippen LogP contribution < -0.4 is 10.9 Å². The number of ether oxygens (including phenoxy) is 1. The Hall–Kier alpha value is -3.68. The number of hydrogen-bond donors (Lipinski definition) is 2. The van der Waals surface area contributed by atoms with Crippen LogP contribution in [0.25, 0.3) is 11.0 Å². The number of hydrazine groups is 1. The van der Waals surface area contributed by atoms with Crippen LogP contribution in [0.3, 0.4) is 0 Å². The summed E-state index contributed by atoms with van der Waals surface area (Å²) in [4.78, 5) is 40.5. The molecule has 2 heterocycles. The van der Waals surface area contributed by atoms with Gasteiger partial charge < -0.3 is 9.30 Å². The molecule has 3 aromatic rings. The Balaban J connectivity index is 1.33. The van der Waals surface area contributed by atoms with Crippen LogP contribution in [0.15, 0.2) is 48.5 Å². The minimum atomic E-state index is -0.652. The average molecular weight is 378 g/mol. The van der Waals surface area contributed by atoms with E-state index in [0.717, 1.165) is 11.0 Å². The summed E-state index contributed by atoms with van der Waals surface area (Å²) in [5.74, 6) is -0.700. The van der Waals surface area contributed by atoms with Gasteiger partial charge in [-0.2, -0.15) is 0 Å². The first kappa shape index (κ1) is 17.7. The maximum absolute atomic E-state index is 12.2. The molecule has 1 aliphatic rings. The molecule has 1 aromatic heterocycles. The predicted octanol–water partition coefficient (Wildman–Crippen LogP) is 1.56. The van der Waals surface area contributed by atoms with Crippen molar-refractivity contribution in [2.75, 3.05) is 0 Å². The molecule has 8 nitrogen and oxygen atoms in total. The SMILES string of the molecule is Cn1c(CC(=O)NNC(=O)C[C@H]2OC(=O)c3ccccc32)nc2ccccc21. The second-order valence-electron chi connectivity index (χ2n) is 6.53. The zero-order valence-electron chi connectivity index (χ0n) is 15.1. The van der Waals surface area contributed by atoms with E-state index in [-0.39, 0.29) is 12.8 Å². The van der Waals surface area contributed by atoms with E-state index in [2.05, 4.69) is 15.8 Å². The molecule has 1 atom stereocenters. The number of esters is 1. The Labute approximate surface area is 160 Å². The number of nitrogens with one attached hydrogen (secondary N) is 2. The monoisotopic (exact) mass is 378 g/mol. The van der Waals surface area contributed by atoms with Gasteiger partial charge in [-0.25, -0.2) is 9.78 Å². The van der Waals surface area contributed by atoms with E-state index in [1.54, 1.807) is 24.3 Å². The molecule has 2 amide bonds. The molecular formula is C20H18N4O4. The van der Waals surface area contributed by atoms with E-state index in [0.29, 0.717) is 17.0 Å². The van der Waals surface area contributed by atoms with E-state index in [9.17, 15) is 14.4 Å². The maximum atomic E-state index is 12.2. The van der Waals surface area contributed by atoms with Crippen molar-refractivity contribution in [2.45, 2.75) is 18.9 Å². The topological polar surface area (TPSA) is 102 Å². The lowest BCUT2D eigenvalue weighted by Gasteiger charge is -2.11. The van der Waals surface area contributed by atoms with Crippen LogP contribution in [0.4, 0.5) is 0 Å². The molecule has 0 fully saturated rings. The fraction of sp³-hybridized carbons (Fsp3) is 0.200. The predicted molar refractivity (Wildman–Crippen MR) is 99.9 cm³/mol. The van der Waals surface area contributed by atoms with Crippen molar-refractivity contribution < 1.29 is 19.1 Å². The van der Waals surface area contributed by atoms with Crippen molar-refractivity contribution in [1.82, 2.24) is 20.4 Å². The van der Waals surface area contributed by atoms with Crippen molar-refractivity contribution in [3.05, 3.63) is 65.5 Å². The summed E-state index contributed by atoms with van der Waals surface area (Å²) in [7, 11) is 1.84. The second-order valence-corrected chi connectivity index (χ2v) is 6.53. The molecule has 28 heavy (non-hydrogen) atoms. The third-order valence-corrected chi connectivity index (χ3v) is 4.69. The molecule has 0 unspecified atom stereocenters. The molecule has 8 heteroatoms. The minimum absolute atomic E-state index is 0.0205. The normalized spacial score (nSPS) is 15.2. The van der Waals surface area contributed by atoms with E-state index in [1.807, 2.05) is 35.9 Å². The van der Waals surface area contributed by atoms with Crippen LogP contribution in [-0.2, 0) is 27.8 Å². The number of para-hydroxylation sites is 2.